The number of likely N-dealkylation sites (N-methyl/N-ethyl adjacent to an activating group) is 2. The number of nitrogens with one attached hydrogen (secondary N) is 1. The van der Waals surface area contributed by atoms with E-state index in [1.54, 1.807) is 38.4 Å². The van der Waals surface area contributed by atoms with Crippen molar-refractivity contribution in [2.45, 2.75) is 70.6 Å². The number of hydrogen-bond acceptors (Lipinski definition) is 7. The largest absolute Gasteiger partial charge is 0.385 e. The van der Waals surface area contributed by atoms with E-state index in [2.05, 4.69) is 5.32 Å². The summed E-state index contributed by atoms with van der Waals surface area (Å²) >= 11 is 0. The summed E-state index contributed by atoms with van der Waals surface area (Å²) in [6.07, 6.45) is -0.434. The maximum Gasteiger partial charge on any atom is 0.249 e. The molecule has 9 nitrogen and oxygen atoms in total. The van der Waals surface area contributed by atoms with Crippen molar-refractivity contribution in [2.75, 3.05) is 27.2 Å². The molecule has 2 rings (SSSR count). The molecule has 0 radical (unpaired) electrons. The van der Waals surface area contributed by atoms with Crippen molar-refractivity contribution in [3.63, 3.8) is 0 Å². The minimum absolute atomic E-state index is 0.00874. The van der Waals surface area contributed by atoms with Crippen LogP contribution in [0.25, 0.3) is 0 Å². The second kappa shape index (κ2) is 14.0. The van der Waals surface area contributed by atoms with Crippen molar-refractivity contribution >= 4 is 29.2 Å². The van der Waals surface area contributed by atoms with Gasteiger partial charge in [0.1, 0.15) is 17.9 Å². The van der Waals surface area contributed by atoms with Gasteiger partial charge in [0.25, 0.3) is 0 Å². The van der Waals surface area contributed by atoms with E-state index in [9.17, 15) is 29.1 Å². The first-order chi connectivity index (χ1) is 17.1. The Morgan fingerprint density at radius 2 is 1.78 bits per heavy atom. The molecule has 36 heavy (non-hydrogen) atoms. The molecule has 1 aromatic rings. The Labute approximate surface area is 213 Å². The van der Waals surface area contributed by atoms with Crippen LogP contribution in [-0.4, -0.2) is 83.4 Å². The van der Waals surface area contributed by atoms with Gasteiger partial charge < -0.3 is 15.3 Å². The first kappa shape index (κ1) is 29.3. The number of ketones is 3. The van der Waals surface area contributed by atoms with Gasteiger partial charge in [-0.3, -0.25) is 28.9 Å². The number of aliphatic hydroxyl groups excluding tert-OH is 1. The van der Waals surface area contributed by atoms with Crippen molar-refractivity contribution in [2.24, 2.45) is 5.92 Å². The fourth-order valence-electron chi connectivity index (χ4n) is 4.60. The van der Waals surface area contributed by atoms with E-state index in [0.717, 1.165) is 0 Å². The van der Waals surface area contributed by atoms with Crippen LogP contribution in [0.1, 0.15) is 64.0 Å². The lowest BCUT2D eigenvalue weighted by Gasteiger charge is -2.25. The maximum absolute atomic E-state index is 12.9. The lowest BCUT2D eigenvalue weighted by Crippen LogP contribution is -2.41. The highest BCUT2D eigenvalue weighted by Crippen LogP contribution is 2.24. The molecule has 0 aromatic heterocycles. The van der Waals surface area contributed by atoms with E-state index in [4.69, 9.17) is 0 Å². The van der Waals surface area contributed by atoms with Crippen molar-refractivity contribution in [3.8, 4) is 0 Å². The number of likely N-dealkylation sites (tertiary alicyclic amines) is 1. The highest BCUT2D eigenvalue weighted by atomic mass is 16.3. The Morgan fingerprint density at radius 1 is 1.11 bits per heavy atom. The highest BCUT2D eigenvalue weighted by molar-refractivity contribution is 5.95. The smallest absolute Gasteiger partial charge is 0.249 e. The predicted molar refractivity (Wildman–Crippen MR) is 135 cm³/mol. The number of carbonyl (C=O) groups excluding carboxylic acids is 5. The zero-order chi connectivity index (χ0) is 26.8. The normalized spacial score (nSPS) is 18.4. The molecule has 9 heteroatoms. The minimum Gasteiger partial charge on any atom is -0.385 e. The van der Waals surface area contributed by atoms with Crippen LogP contribution in [0.2, 0.25) is 0 Å². The van der Waals surface area contributed by atoms with Crippen LogP contribution in [-0.2, 0) is 24.0 Å². The first-order valence-electron chi connectivity index (χ1n) is 12.6. The quantitative estimate of drug-likeness (QED) is 0.397. The SMILES string of the molecule is CCCC(CC(=O)[C@@H]1CC(=O)CN1CC)C(O)C(=O)CCC(=O)N[C@H](C(=O)N(C)C)c1ccccc1. The third-order valence-electron chi connectivity index (χ3n) is 6.64. The molecule has 1 aliphatic heterocycles. The maximum atomic E-state index is 12.9. The average Bonchev–Trinajstić information content (AvgIpc) is 3.25. The molecule has 1 aromatic carbocycles. The molecule has 2 unspecified atom stereocenters. The number of carbonyl (C=O) groups is 5. The number of aliphatic hydroxyl groups is 1. The molecule has 0 saturated carbocycles. The monoisotopic (exact) mass is 501 g/mol. The second-order valence-electron chi connectivity index (χ2n) is 9.60. The summed E-state index contributed by atoms with van der Waals surface area (Å²) in [7, 11) is 3.20. The number of benzene rings is 1. The Bertz CT molecular complexity index is 933. The predicted octanol–water partition coefficient (Wildman–Crippen LogP) is 1.68. The zero-order valence-corrected chi connectivity index (χ0v) is 21.7. The Hall–Kier alpha value is -2.91. The number of rotatable bonds is 14. The second-order valence-corrected chi connectivity index (χ2v) is 9.60. The number of Topliss-reactive ketones (excluding diaryl/α,β-unsaturated/α-hetero) is 3. The van der Waals surface area contributed by atoms with Gasteiger partial charge in [0.05, 0.1) is 12.6 Å². The molecule has 2 amide bonds. The van der Waals surface area contributed by atoms with Crippen LogP contribution in [0.4, 0.5) is 0 Å². The van der Waals surface area contributed by atoms with Gasteiger partial charge in [0.2, 0.25) is 11.8 Å². The molecule has 0 spiro atoms. The van der Waals surface area contributed by atoms with Crippen LogP contribution in [0.5, 0.6) is 0 Å². The van der Waals surface area contributed by atoms with Gasteiger partial charge >= 0.3 is 0 Å². The lowest BCUT2D eigenvalue weighted by molar-refractivity contribution is -0.136. The van der Waals surface area contributed by atoms with Crippen molar-refractivity contribution in [3.05, 3.63) is 35.9 Å². The average molecular weight is 502 g/mol. The Morgan fingerprint density at radius 3 is 2.36 bits per heavy atom. The molecule has 0 aliphatic carbocycles. The van der Waals surface area contributed by atoms with E-state index in [-0.39, 0.29) is 49.7 Å². The van der Waals surface area contributed by atoms with E-state index in [0.29, 0.717) is 24.9 Å². The molecule has 0 bridgehead atoms. The molecular weight excluding hydrogens is 462 g/mol. The van der Waals surface area contributed by atoms with Crippen molar-refractivity contribution < 1.29 is 29.1 Å². The molecule has 1 aliphatic rings. The standard InChI is InChI=1S/C27H39N3O6/c1-5-10-19(15-23(33)21-16-20(31)17-30(21)6-2)26(35)22(32)13-14-24(34)28-25(27(36)29(3)4)18-11-8-7-9-12-18/h7-9,11-12,19,21,25-26,35H,5-6,10,13-17H2,1-4H3,(H,28,34)/t19?,21-,25-,26?/m0/s1. The number of nitrogens with zero attached hydrogens (tertiary/aromatic N) is 2. The van der Waals surface area contributed by atoms with E-state index in [1.807, 2.05) is 24.8 Å². The molecular formula is C27H39N3O6. The Balaban J connectivity index is 1.97. The number of hydrogen-bond donors (Lipinski definition) is 2. The van der Waals surface area contributed by atoms with Crippen molar-refractivity contribution in [1.82, 2.24) is 15.1 Å². The lowest BCUT2D eigenvalue weighted by atomic mass is 9.86. The summed E-state index contributed by atoms with van der Waals surface area (Å²) in [5.41, 5.74) is 0.629. The van der Waals surface area contributed by atoms with Crippen molar-refractivity contribution in [1.29, 1.82) is 0 Å². The first-order valence-corrected chi connectivity index (χ1v) is 12.6. The van der Waals surface area contributed by atoms with Gasteiger partial charge in [-0.1, -0.05) is 50.6 Å². The van der Waals surface area contributed by atoms with Gasteiger partial charge in [-0.2, -0.15) is 0 Å². The fourth-order valence-corrected chi connectivity index (χ4v) is 4.60. The van der Waals surface area contributed by atoms with Crippen LogP contribution in [0, 0.1) is 5.92 Å². The third kappa shape index (κ3) is 8.06. The van der Waals surface area contributed by atoms with E-state index < -0.39 is 35.8 Å². The van der Waals surface area contributed by atoms with Crippen LogP contribution >= 0.6 is 0 Å². The van der Waals surface area contributed by atoms with E-state index >= 15 is 0 Å². The molecule has 1 fully saturated rings. The summed E-state index contributed by atoms with van der Waals surface area (Å²) in [4.78, 5) is 65.9. The summed E-state index contributed by atoms with van der Waals surface area (Å²) in [6.45, 7) is 4.63. The molecule has 198 valence electrons. The minimum atomic E-state index is -1.37. The summed E-state index contributed by atoms with van der Waals surface area (Å²) < 4.78 is 0. The topological polar surface area (TPSA) is 124 Å². The molecule has 4 atom stereocenters. The highest BCUT2D eigenvalue weighted by Gasteiger charge is 2.37. The van der Waals surface area contributed by atoms with Gasteiger partial charge in [-0.15, -0.1) is 0 Å². The zero-order valence-electron chi connectivity index (χ0n) is 21.7. The van der Waals surface area contributed by atoms with Gasteiger partial charge in [-0.25, -0.2) is 0 Å². The molecule has 1 heterocycles. The van der Waals surface area contributed by atoms with Crippen LogP contribution < -0.4 is 5.32 Å². The Kier molecular flexibility index (Phi) is 11.4. The summed E-state index contributed by atoms with van der Waals surface area (Å²) in [5.74, 6) is -1.98. The van der Waals surface area contributed by atoms with Gasteiger partial charge in [0.15, 0.2) is 11.6 Å². The number of amides is 2. The molecule has 2 N–H and O–H groups in total. The van der Waals surface area contributed by atoms with Gasteiger partial charge in [-0.05, 0) is 24.4 Å². The summed E-state index contributed by atoms with van der Waals surface area (Å²) in [6, 6.07) is 7.45. The van der Waals surface area contributed by atoms with Crippen LogP contribution in [0.15, 0.2) is 30.3 Å². The van der Waals surface area contributed by atoms with Gasteiger partial charge in [0, 0.05) is 39.8 Å². The fraction of sp³-hybridized carbons (Fsp3) is 0.593. The summed E-state index contributed by atoms with van der Waals surface area (Å²) in [5, 5.41) is 13.4. The van der Waals surface area contributed by atoms with Crippen LogP contribution in [0.3, 0.4) is 0 Å². The van der Waals surface area contributed by atoms with E-state index in [1.165, 1.54) is 4.90 Å². The third-order valence-corrected chi connectivity index (χ3v) is 6.64. The molecule has 1 saturated heterocycles.